The van der Waals surface area contributed by atoms with Crippen LogP contribution in [-0.4, -0.2) is 40.9 Å². The number of hydrogen-bond donors (Lipinski definition) is 3. The third kappa shape index (κ3) is 4.08. The van der Waals surface area contributed by atoms with E-state index >= 15 is 0 Å². The average molecular weight is 339 g/mol. The van der Waals surface area contributed by atoms with Crippen molar-refractivity contribution < 1.29 is 19.8 Å². The predicted molar refractivity (Wildman–Crippen MR) is 96.7 cm³/mol. The number of benzene rings is 2. The van der Waals surface area contributed by atoms with Gasteiger partial charge in [0.05, 0.1) is 17.0 Å². The number of nitrogens with zero attached hydrogens (tertiary/aromatic N) is 2. The monoisotopic (exact) mass is 339 g/mol. The second-order valence-electron chi connectivity index (χ2n) is 5.12. The average Bonchev–Trinajstić information content (AvgIpc) is 2.63. The van der Waals surface area contributed by atoms with Crippen LogP contribution in [0.3, 0.4) is 0 Å². The molecule has 0 radical (unpaired) electrons. The highest BCUT2D eigenvalue weighted by atomic mass is 16.4. The van der Waals surface area contributed by atoms with Gasteiger partial charge in [0.25, 0.3) is 0 Å². The van der Waals surface area contributed by atoms with E-state index in [1.807, 2.05) is 0 Å². The highest BCUT2D eigenvalue weighted by Crippen LogP contribution is 2.35. The molecule has 0 aromatic heterocycles. The summed E-state index contributed by atoms with van der Waals surface area (Å²) in [4.78, 5) is 26.0. The first-order valence-electron chi connectivity index (χ1n) is 7.36. The number of hydrazone groups is 1. The largest absolute Gasteiger partial charge is 0.505 e. The van der Waals surface area contributed by atoms with Gasteiger partial charge in [-0.05, 0) is 30.7 Å². The molecule has 0 saturated carbocycles. The molecule has 2 aromatic carbocycles. The van der Waals surface area contributed by atoms with Gasteiger partial charge in [0, 0.05) is 12.6 Å². The number of aromatic carboxylic acids is 1. The number of phenolic OH excluding ortho intramolecular Hbond substituents is 1. The van der Waals surface area contributed by atoms with E-state index in [9.17, 15) is 14.7 Å². The Balaban J connectivity index is 2.41. The molecule has 7 heteroatoms. The number of carbonyl (C=O) groups excluding carboxylic acids is 1. The molecule has 0 spiro atoms. The molecule has 0 saturated heterocycles. The Kier molecular flexibility index (Phi) is 5.62. The number of hydrogen-bond acceptors (Lipinski definition) is 6. The van der Waals surface area contributed by atoms with Crippen molar-refractivity contribution in [3.8, 4) is 16.9 Å². The number of rotatable bonds is 6. The molecular formula is C18H17N3O4. The second-order valence-corrected chi connectivity index (χ2v) is 5.12. The van der Waals surface area contributed by atoms with Gasteiger partial charge >= 0.3 is 5.97 Å². The van der Waals surface area contributed by atoms with Gasteiger partial charge in [-0.1, -0.05) is 24.3 Å². The van der Waals surface area contributed by atoms with Gasteiger partial charge in [0.15, 0.2) is 6.29 Å². The molecule has 2 rings (SSSR count). The summed E-state index contributed by atoms with van der Waals surface area (Å²) in [7, 11) is 1.54. The van der Waals surface area contributed by atoms with Crippen molar-refractivity contribution in [3.05, 3.63) is 48.0 Å². The van der Waals surface area contributed by atoms with Gasteiger partial charge < -0.3 is 10.2 Å². The van der Waals surface area contributed by atoms with Crippen molar-refractivity contribution in [1.29, 1.82) is 0 Å². The highest BCUT2D eigenvalue weighted by molar-refractivity contribution is 6.61. The summed E-state index contributed by atoms with van der Waals surface area (Å²) in [6.07, 6.45) is 0.562. The number of aldehydes is 1. The van der Waals surface area contributed by atoms with Gasteiger partial charge in [-0.2, -0.15) is 5.10 Å². The molecule has 7 nitrogen and oxygen atoms in total. The van der Waals surface area contributed by atoms with E-state index in [0.717, 1.165) is 0 Å². The van der Waals surface area contributed by atoms with Crippen LogP contribution in [0.25, 0.3) is 11.1 Å². The zero-order chi connectivity index (χ0) is 18.4. The Hall–Kier alpha value is -3.48. The number of para-hydroxylation sites is 1. The van der Waals surface area contributed by atoms with Crippen LogP contribution in [0.4, 0.5) is 5.69 Å². The third-order valence-electron chi connectivity index (χ3n) is 3.57. The molecule has 0 unspecified atom stereocenters. The van der Waals surface area contributed by atoms with E-state index < -0.39 is 5.97 Å². The van der Waals surface area contributed by atoms with Crippen LogP contribution in [-0.2, 0) is 4.79 Å². The number of anilines is 1. The molecule has 3 N–H and O–H groups in total. The number of phenols is 1. The fourth-order valence-electron chi connectivity index (χ4n) is 2.11. The molecule has 0 aliphatic rings. The van der Waals surface area contributed by atoms with Crippen molar-refractivity contribution in [2.24, 2.45) is 10.1 Å². The molecule has 0 bridgehead atoms. The zero-order valence-corrected chi connectivity index (χ0v) is 13.7. The number of nitrogens with one attached hydrogen (secondary N) is 1. The molecule has 0 fully saturated rings. The topological polar surface area (TPSA) is 111 Å². The summed E-state index contributed by atoms with van der Waals surface area (Å²) < 4.78 is 0. The zero-order valence-electron chi connectivity index (χ0n) is 13.7. The lowest BCUT2D eigenvalue weighted by molar-refractivity contribution is -0.102. The molecule has 0 heterocycles. The normalized spacial score (nSPS) is 11.9. The summed E-state index contributed by atoms with van der Waals surface area (Å²) >= 11 is 0. The lowest BCUT2D eigenvalue weighted by Crippen LogP contribution is -2.14. The van der Waals surface area contributed by atoms with Gasteiger partial charge in [-0.3, -0.25) is 15.2 Å². The van der Waals surface area contributed by atoms with Gasteiger partial charge in [0.1, 0.15) is 11.5 Å². The minimum atomic E-state index is -1.05. The van der Waals surface area contributed by atoms with Gasteiger partial charge in [-0.25, -0.2) is 4.79 Å². The maximum absolute atomic E-state index is 11.1. The first-order chi connectivity index (χ1) is 12.0. The molecule has 25 heavy (non-hydrogen) atoms. The fourth-order valence-corrected chi connectivity index (χ4v) is 2.11. The van der Waals surface area contributed by atoms with Crippen molar-refractivity contribution in [3.63, 3.8) is 0 Å². The van der Waals surface area contributed by atoms with E-state index in [1.165, 1.54) is 12.1 Å². The van der Waals surface area contributed by atoms with Gasteiger partial charge in [0.2, 0.25) is 0 Å². The number of carboxylic acid groups (broad SMARTS) is 1. The number of aromatic hydroxyl groups is 1. The Morgan fingerprint density at radius 2 is 1.92 bits per heavy atom. The summed E-state index contributed by atoms with van der Waals surface area (Å²) in [5.74, 6) is -1.16. The Bertz CT molecular complexity index is 872. The SMILES string of the molecule is CN=C(C)/C(C=O)=N/Nc1cccc(-c2cccc(C(=O)O)c2)c1O. The first-order valence-corrected chi connectivity index (χ1v) is 7.36. The van der Waals surface area contributed by atoms with Crippen molar-refractivity contribution in [2.45, 2.75) is 6.92 Å². The van der Waals surface area contributed by atoms with E-state index in [0.29, 0.717) is 23.1 Å². The van der Waals surface area contributed by atoms with E-state index in [4.69, 9.17) is 5.11 Å². The minimum Gasteiger partial charge on any atom is -0.505 e. The van der Waals surface area contributed by atoms with E-state index in [2.05, 4.69) is 15.5 Å². The van der Waals surface area contributed by atoms with E-state index in [-0.39, 0.29) is 22.7 Å². The Labute approximate surface area is 144 Å². The minimum absolute atomic E-state index is 0.106. The van der Waals surface area contributed by atoms with Crippen LogP contribution < -0.4 is 5.43 Å². The van der Waals surface area contributed by atoms with Crippen LogP contribution in [0.5, 0.6) is 5.75 Å². The van der Waals surface area contributed by atoms with Crippen LogP contribution in [0.15, 0.2) is 52.6 Å². The highest BCUT2D eigenvalue weighted by Gasteiger charge is 2.11. The fraction of sp³-hybridized carbons (Fsp3) is 0.111. The lowest BCUT2D eigenvalue weighted by atomic mass is 10.0. The molecular weight excluding hydrogens is 322 g/mol. The number of carboxylic acids is 1. The standard InChI is InChI=1S/C18H17N3O4/c1-11(19-2)16(10-22)21-20-15-8-4-7-14(17(15)23)12-5-3-6-13(9-12)18(24)25/h3-10,20,23H,1-2H3,(H,24,25)/b19-11?,21-16+. The number of aliphatic imine (C=N–C) groups is 1. The molecule has 2 aromatic rings. The third-order valence-corrected chi connectivity index (χ3v) is 3.57. The molecule has 128 valence electrons. The quantitative estimate of drug-likeness (QED) is 0.324. The lowest BCUT2D eigenvalue weighted by Gasteiger charge is -2.10. The maximum atomic E-state index is 11.1. The molecule has 0 aliphatic heterocycles. The summed E-state index contributed by atoms with van der Waals surface area (Å²) in [6.45, 7) is 1.64. The van der Waals surface area contributed by atoms with Gasteiger partial charge in [-0.15, -0.1) is 0 Å². The van der Waals surface area contributed by atoms with Crippen LogP contribution >= 0.6 is 0 Å². The molecule has 0 amide bonds. The van der Waals surface area contributed by atoms with Crippen LogP contribution in [0.2, 0.25) is 0 Å². The van der Waals surface area contributed by atoms with Crippen molar-refractivity contribution >= 4 is 29.4 Å². The van der Waals surface area contributed by atoms with Crippen LogP contribution in [0, 0.1) is 0 Å². The van der Waals surface area contributed by atoms with E-state index in [1.54, 1.807) is 44.3 Å². The van der Waals surface area contributed by atoms with Crippen LogP contribution in [0.1, 0.15) is 17.3 Å². The molecule has 0 aliphatic carbocycles. The summed E-state index contributed by atoms with van der Waals surface area (Å²) in [5.41, 5.74) is 4.58. The van der Waals surface area contributed by atoms with Crippen molar-refractivity contribution in [2.75, 3.05) is 12.5 Å². The Morgan fingerprint density at radius 3 is 2.56 bits per heavy atom. The second kappa shape index (κ2) is 7.87. The van der Waals surface area contributed by atoms with Crippen molar-refractivity contribution in [1.82, 2.24) is 0 Å². The predicted octanol–water partition coefficient (Wildman–Crippen LogP) is 2.81. The maximum Gasteiger partial charge on any atom is 0.335 e. The summed E-state index contributed by atoms with van der Waals surface area (Å²) in [6, 6.07) is 11.2. The molecule has 0 atom stereocenters. The first kappa shape index (κ1) is 17.9. The Morgan fingerprint density at radius 1 is 1.20 bits per heavy atom. The smallest absolute Gasteiger partial charge is 0.335 e. The summed E-state index contributed by atoms with van der Waals surface area (Å²) in [5, 5.41) is 23.5. The number of carbonyl (C=O) groups is 2.